The van der Waals surface area contributed by atoms with Crippen LogP contribution in [0.2, 0.25) is 0 Å². The van der Waals surface area contributed by atoms with Crippen molar-refractivity contribution in [2.75, 3.05) is 4.90 Å². The first-order chi connectivity index (χ1) is 31.8. The Morgan fingerprint density at radius 1 is 0.297 bits per heavy atom. The quantitative estimate of drug-likeness (QED) is 0.139. The number of rotatable bonds is 8. The fraction of sp³-hybridized carbons (Fsp3) is 0. The number of fused-ring (bicyclic) bond motifs is 6. The van der Waals surface area contributed by atoms with Crippen LogP contribution in [0.1, 0.15) is 0 Å². The molecule has 2 nitrogen and oxygen atoms in total. The van der Waals surface area contributed by atoms with Crippen LogP contribution in [-0.4, -0.2) is 4.57 Å². The Balaban J connectivity index is 1.15. The fourth-order valence-corrected chi connectivity index (χ4v) is 9.91. The molecule has 12 aromatic rings. The molecule has 1 heterocycles. The number of nitrogens with zero attached hydrogens (tertiary/aromatic N) is 2. The van der Waals surface area contributed by atoms with Crippen molar-refractivity contribution in [1.29, 1.82) is 0 Å². The number of benzene rings is 11. The fourth-order valence-electron chi connectivity index (χ4n) is 9.91. The number of hydrogen-bond acceptors (Lipinski definition) is 1. The third kappa shape index (κ3) is 6.35. The standard InChI is InChI=1S/C62H42N2/c1-4-19-43(20-5-1)52-29-12-13-31-57(52)61-54(44-21-6-2-7-22-44)32-18-36-60(61)63(50-39-40-53-47(42-50)38-37-45-23-10-11-28-51(45)53)49-27-16-24-46(41-49)55-33-17-34-58-56-30-14-15-35-59(56)64(62(55)58)48-25-8-3-9-26-48/h1-42H. The summed E-state index contributed by atoms with van der Waals surface area (Å²) in [7, 11) is 0. The van der Waals surface area contributed by atoms with E-state index < -0.39 is 0 Å². The highest BCUT2D eigenvalue weighted by molar-refractivity contribution is 6.14. The van der Waals surface area contributed by atoms with E-state index in [4.69, 9.17) is 0 Å². The zero-order chi connectivity index (χ0) is 42.4. The van der Waals surface area contributed by atoms with Gasteiger partial charge < -0.3 is 9.47 Å². The first-order valence-corrected chi connectivity index (χ1v) is 22.0. The van der Waals surface area contributed by atoms with Crippen LogP contribution in [0.3, 0.4) is 0 Å². The summed E-state index contributed by atoms with van der Waals surface area (Å²) in [5.74, 6) is 0. The Labute approximate surface area is 373 Å². The largest absolute Gasteiger partial charge is 0.310 e. The van der Waals surface area contributed by atoms with Crippen LogP contribution in [0, 0.1) is 0 Å². The van der Waals surface area contributed by atoms with E-state index in [1.807, 2.05) is 0 Å². The summed E-state index contributed by atoms with van der Waals surface area (Å²) in [6.07, 6.45) is 0. The van der Waals surface area contributed by atoms with Crippen LogP contribution in [-0.2, 0) is 0 Å². The van der Waals surface area contributed by atoms with Gasteiger partial charge in [0.05, 0.1) is 16.7 Å². The van der Waals surface area contributed by atoms with Gasteiger partial charge in [0.15, 0.2) is 0 Å². The summed E-state index contributed by atoms with van der Waals surface area (Å²) in [4.78, 5) is 2.48. The van der Waals surface area contributed by atoms with Crippen molar-refractivity contribution in [1.82, 2.24) is 4.57 Å². The number of aromatic nitrogens is 1. The second-order valence-electron chi connectivity index (χ2n) is 16.4. The molecule has 0 saturated carbocycles. The van der Waals surface area contributed by atoms with E-state index >= 15 is 0 Å². The molecule has 0 bridgehead atoms. The highest BCUT2D eigenvalue weighted by Crippen LogP contribution is 2.49. The van der Waals surface area contributed by atoms with Crippen molar-refractivity contribution in [2.24, 2.45) is 0 Å². The normalized spacial score (nSPS) is 11.4. The van der Waals surface area contributed by atoms with Gasteiger partial charge in [0, 0.05) is 39.0 Å². The van der Waals surface area contributed by atoms with Crippen molar-refractivity contribution in [3.63, 3.8) is 0 Å². The Kier molecular flexibility index (Phi) is 9.20. The van der Waals surface area contributed by atoms with Crippen molar-refractivity contribution in [2.45, 2.75) is 0 Å². The molecular formula is C62H42N2. The van der Waals surface area contributed by atoms with E-state index in [0.29, 0.717) is 0 Å². The zero-order valence-electron chi connectivity index (χ0n) is 35.1. The van der Waals surface area contributed by atoms with Gasteiger partial charge in [-0.05, 0) is 103 Å². The molecule has 300 valence electrons. The monoisotopic (exact) mass is 814 g/mol. The number of hydrogen-bond donors (Lipinski definition) is 0. The molecule has 0 fully saturated rings. The van der Waals surface area contributed by atoms with E-state index in [2.05, 4.69) is 264 Å². The average molecular weight is 815 g/mol. The van der Waals surface area contributed by atoms with Crippen molar-refractivity contribution < 1.29 is 0 Å². The molecule has 0 unspecified atom stereocenters. The van der Waals surface area contributed by atoms with Crippen molar-refractivity contribution in [3.05, 3.63) is 255 Å². The van der Waals surface area contributed by atoms with Gasteiger partial charge in [0.2, 0.25) is 0 Å². The summed E-state index contributed by atoms with van der Waals surface area (Å²) in [6.45, 7) is 0. The van der Waals surface area contributed by atoms with Gasteiger partial charge in [-0.15, -0.1) is 0 Å². The van der Waals surface area contributed by atoms with Crippen LogP contribution in [0.15, 0.2) is 255 Å². The van der Waals surface area contributed by atoms with Crippen LogP contribution in [0.5, 0.6) is 0 Å². The molecule has 0 aliphatic carbocycles. The van der Waals surface area contributed by atoms with Crippen molar-refractivity contribution in [3.8, 4) is 50.2 Å². The topological polar surface area (TPSA) is 8.17 Å². The van der Waals surface area contributed by atoms with Gasteiger partial charge in [-0.25, -0.2) is 0 Å². The smallest absolute Gasteiger partial charge is 0.0619 e. The second kappa shape index (κ2) is 15.8. The van der Waals surface area contributed by atoms with Crippen LogP contribution >= 0.6 is 0 Å². The molecule has 11 aromatic carbocycles. The highest BCUT2D eigenvalue weighted by atomic mass is 15.1. The highest BCUT2D eigenvalue weighted by Gasteiger charge is 2.24. The third-order valence-electron chi connectivity index (χ3n) is 12.8. The molecule has 0 aliphatic heterocycles. The molecule has 1 aromatic heterocycles. The molecule has 0 aliphatic rings. The molecule has 0 amide bonds. The van der Waals surface area contributed by atoms with Crippen LogP contribution < -0.4 is 4.90 Å². The van der Waals surface area contributed by atoms with Gasteiger partial charge >= 0.3 is 0 Å². The molecule has 12 rings (SSSR count). The maximum Gasteiger partial charge on any atom is 0.0619 e. The number of anilines is 3. The van der Waals surface area contributed by atoms with Gasteiger partial charge in [0.25, 0.3) is 0 Å². The SMILES string of the molecule is c1ccc(-c2ccccc2-c2c(-c3ccccc3)cccc2N(c2cccc(-c3cccc4c5ccccc5n(-c5ccccc5)c34)c2)c2ccc3c(ccc4ccccc43)c2)cc1. The summed E-state index contributed by atoms with van der Waals surface area (Å²) < 4.78 is 2.43. The molecule has 0 radical (unpaired) electrons. The van der Waals surface area contributed by atoms with E-state index in [1.54, 1.807) is 0 Å². The van der Waals surface area contributed by atoms with Gasteiger partial charge in [-0.1, -0.05) is 206 Å². The minimum absolute atomic E-state index is 1.07. The van der Waals surface area contributed by atoms with Gasteiger partial charge in [-0.3, -0.25) is 0 Å². The minimum atomic E-state index is 1.07. The lowest BCUT2D eigenvalue weighted by Gasteiger charge is -2.30. The van der Waals surface area contributed by atoms with Crippen molar-refractivity contribution >= 4 is 60.4 Å². The predicted molar refractivity (Wildman–Crippen MR) is 272 cm³/mol. The van der Waals surface area contributed by atoms with E-state index in [0.717, 1.165) is 28.3 Å². The van der Waals surface area contributed by atoms with Gasteiger partial charge in [0.1, 0.15) is 0 Å². The Bertz CT molecular complexity index is 3660. The maximum absolute atomic E-state index is 2.48. The maximum atomic E-state index is 2.48. The van der Waals surface area contributed by atoms with Gasteiger partial charge in [-0.2, -0.15) is 0 Å². The lowest BCUT2D eigenvalue weighted by Crippen LogP contribution is -2.12. The average Bonchev–Trinajstić information content (AvgIpc) is 3.72. The summed E-state index contributed by atoms with van der Waals surface area (Å²) in [5.41, 5.74) is 16.2. The molecular weight excluding hydrogens is 773 g/mol. The molecule has 0 saturated heterocycles. The molecule has 0 N–H and O–H groups in total. The van der Waals surface area contributed by atoms with E-state index in [1.165, 1.54) is 82.3 Å². The molecule has 0 spiro atoms. The zero-order valence-corrected chi connectivity index (χ0v) is 35.1. The third-order valence-corrected chi connectivity index (χ3v) is 12.8. The van der Waals surface area contributed by atoms with E-state index in [-0.39, 0.29) is 0 Å². The summed E-state index contributed by atoms with van der Waals surface area (Å²) in [5, 5.41) is 7.40. The second-order valence-corrected chi connectivity index (χ2v) is 16.4. The Morgan fingerprint density at radius 2 is 0.844 bits per heavy atom. The minimum Gasteiger partial charge on any atom is -0.310 e. The molecule has 64 heavy (non-hydrogen) atoms. The molecule has 0 atom stereocenters. The number of para-hydroxylation sites is 3. The van der Waals surface area contributed by atoms with Crippen LogP contribution in [0.4, 0.5) is 17.1 Å². The Morgan fingerprint density at radius 3 is 1.66 bits per heavy atom. The Hall–Kier alpha value is -8.46. The first-order valence-electron chi connectivity index (χ1n) is 22.0. The predicted octanol–water partition coefficient (Wildman–Crippen LogP) is 17.2. The van der Waals surface area contributed by atoms with E-state index in [9.17, 15) is 0 Å². The summed E-state index contributed by atoms with van der Waals surface area (Å²) >= 11 is 0. The molecule has 2 heteroatoms. The lowest BCUT2D eigenvalue weighted by atomic mass is 9.87. The van der Waals surface area contributed by atoms with Crippen LogP contribution in [0.25, 0.3) is 93.5 Å². The first kappa shape index (κ1) is 37.3. The summed E-state index contributed by atoms with van der Waals surface area (Å²) in [6, 6.07) is 92.9. The lowest BCUT2D eigenvalue weighted by molar-refractivity contribution is 1.18.